The van der Waals surface area contributed by atoms with Crippen molar-refractivity contribution >= 4 is 29.3 Å². The number of hydrogen-bond donors (Lipinski definition) is 1. The first-order chi connectivity index (χ1) is 18.0. The summed E-state index contributed by atoms with van der Waals surface area (Å²) in [6.07, 6.45) is 3.78. The van der Waals surface area contributed by atoms with Crippen molar-refractivity contribution in [3.05, 3.63) is 101 Å². The van der Waals surface area contributed by atoms with Gasteiger partial charge in [-0.15, -0.1) is 6.58 Å². The van der Waals surface area contributed by atoms with E-state index >= 15 is 0 Å². The Balaban J connectivity index is 1.89. The minimum absolute atomic E-state index is 0.0504. The van der Waals surface area contributed by atoms with Crippen molar-refractivity contribution in [3.8, 4) is 23.3 Å². The van der Waals surface area contributed by atoms with Gasteiger partial charge < -0.3 is 19.5 Å². The normalized spacial score (nSPS) is 10.8. The molecule has 6 nitrogen and oxygen atoms in total. The maximum Gasteiger partial charge on any atom is 0.266 e. The third-order valence-corrected chi connectivity index (χ3v) is 5.62. The Morgan fingerprint density at radius 2 is 1.76 bits per heavy atom. The van der Waals surface area contributed by atoms with Crippen LogP contribution in [-0.2, 0) is 17.8 Å². The summed E-state index contributed by atoms with van der Waals surface area (Å²) in [5.41, 5.74) is 2.79. The number of amides is 1. The molecule has 1 amide bonds. The first kappa shape index (κ1) is 27.4. The first-order valence-electron chi connectivity index (χ1n) is 11.9. The minimum atomic E-state index is -0.520. The number of carbonyl (C=O) groups excluding carboxylic acids is 1. The molecular formula is C30H29ClN2O4. The Bertz CT molecular complexity index is 1310. The van der Waals surface area contributed by atoms with E-state index in [1.165, 1.54) is 6.08 Å². The van der Waals surface area contributed by atoms with Gasteiger partial charge >= 0.3 is 0 Å². The number of carbonyl (C=O) groups is 1. The quantitative estimate of drug-likeness (QED) is 0.159. The highest BCUT2D eigenvalue weighted by atomic mass is 35.5. The lowest BCUT2D eigenvalue weighted by atomic mass is 10.0. The standard InChI is InChI=1S/C30H29ClN2O4/c1-4-9-22-16-21(17-24(19-32)30(34)33-25-12-14-26(15-13-25)35-5-2)18-28(36-6-3)29(22)37-20-23-10-7-8-11-27(23)31/h4,7-8,10-18H,1,5-6,9,20H2,2-3H3,(H,33,34)/b24-17+. The van der Waals surface area contributed by atoms with Gasteiger partial charge in [-0.25, -0.2) is 0 Å². The second-order valence-corrected chi connectivity index (χ2v) is 8.30. The van der Waals surface area contributed by atoms with Gasteiger partial charge in [0.05, 0.1) is 13.2 Å². The number of ether oxygens (including phenoxy) is 3. The van der Waals surface area contributed by atoms with Crippen molar-refractivity contribution in [1.82, 2.24) is 0 Å². The Kier molecular flexibility index (Phi) is 10.2. The van der Waals surface area contributed by atoms with Crippen LogP contribution < -0.4 is 19.5 Å². The van der Waals surface area contributed by atoms with Crippen LogP contribution in [-0.4, -0.2) is 19.1 Å². The fraction of sp³-hybridized carbons (Fsp3) is 0.200. The van der Waals surface area contributed by atoms with Crippen LogP contribution in [0.3, 0.4) is 0 Å². The third kappa shape index (κ3) is 7.63. The second-order valence-electron chi connectivity index (χ2n) is 7.89. The molecule has 0 heterocycles. The predicted octanol–water partition coefficient (Wildman–Crippen LogP) is 6.99. The molecule has 3 aromatic rings. The molecule has 7 heteroatoms. The zero-order chi connectivity index (χ0) is 26.6. The Labute approximate surface area is 222 Å². The molecular weight excluding hydrogens is 488 g/mol. The molecule has 37 heavy (non-hydrogen) atoms. The lowest BCUT2D eigenvalue weighted by Crippen LogP contribution is -2.13. The van der Waals surface area contributed by atoms with E-state index in [4.69, 9.17) is 25.8 Å². The Morgan fingerprint density at radius 1 is 1.03 bits per heavy atom. The van der Waals surface area contributed by atoms with Gasteiger partial charge in [-0.3, -0.25) is 4.79 Å². The number of nitriles is 1. The molecule has 3 aromatic carbocycles. The van der Waals surface area contributed by atoms with Crippen LogP contribution in [0.4, 0.5) is 5.69 Å². The fourth-order valence-electron chi connectivity index (χ4n) is 3.58. The van der Waals surface area contributed by atoms with Gasteiger partial charge in [-0.05, 0) is 74.4 Å². The van der Waals surface area contributed by atoms with E-state index in [-0.39, 0.29) is 12.2 Å². The third-order valence-electron chi connectivity index (χ3n) is 5.25. The summed E-state index contributed by atoms with van der Waals surface area (Å²) in [4.78, 5) is 12.8. The van der Waals surface area contributed by atoms with E-state index in [1.807, 2.05) is 50.2 Å². The molecule has 0 aliphatic carbocycles. The molecule has 0 aliphatic heterocycles. The summed E-state index contributed by atoms with van der Waals surface area (Å²) in [6, 6.07) is 20.0. The van der Waals surface area contributed by atoms with E-state index in [9.17, 15) is 10.1 Å². The van der Waals surface area contributed by atoms with Crippen molar-refractivity contribution < 1.29 is 19.0 Å². The summed E-state index contributed by atoms with van der Waals surface area (Å²) < 4.78 is 17.4. The molecule has 0 bridgehead atoms. The number of allylic oxidation sites excluding steroid dienone is 1. The van der Waals surface area contributed by atoms with E-state index in [1.54, 1.807) is 36.4 Å². The van der Waals surface area contributed by atoms with E-state index in [0.717, 1.165) is 11.1 Å². The summed E-state index contributed by atoms with van der Waals surface area (Å²) in [5, 5.41) is 13.1. The smallest absolute Gasteiger partial charge is 0.266 e. The molecule has 3 rings (SSSR count). The molecule has 0 aromatic heterocycles. The van der Waals surface area contributed by atoms with Gasteiger partial charge in [0.1, 0.15) is 24.0 Å². The zero-order valence-electron chi connectivity index (χ0n) is 20.9. The molecule has 0 aliphatic rings. The number of rotatable bonds is 12. The summed E-state index contributed by atoms with van der Waals surface area (Å²) in [6.45, 7) is 8.83. The van der Waals surface area contributed by atoms with E-state index < -0.39 is 5.91 Å². The zero-order valence-corrected chi connectivity index (χ0v) is 21.7. The van der Waals surface area contributed by atoms with Gasteiger partial charge in [-0.1, -0.05) is 35.9 Å². The van der Waals surface area contributed by atoms with Crippen LogP contribution in [0.1, 0.15) is 30.5 Å². The van der Waals surface area contributed by atoms with Crippen molar-refractivity contribution in [3.63, 3.8) is 0 Å². The van der Waals surface area contributed by atoms with Crippen molar-refractivity contribution in [1.29, 1.82) is 5.26 Å². The number of benzene rings is 3. The van der Waals surface area contributed by atoms with Gasteiger partial charge in [0.25, 0.3) is 5.91 Å². The molecule has 190 valence electrons. The summed E-state index contributed by atoms with van der Waals surface area (Å²) in [5.74, 6) is 1.25. The van der Waals surface area contributed by atoms with Crippen LogP contribution in [0.5, 0.6) is 17.2 Å². The average Bonchev–Trinajstić information content (AvgIpc) is 2.89. The second kappa shape index (κ2) is 13.8. The predicted molar refractivity (Wildman–Crippen MR) is 147 cm³/mol. The van der Waals surface area contributed by atoms with Gasteiger partial charge in [0.15, 0.2) is 11.5 Å². The highest BCUT2D eigenvalue weighted by molar-refractivity contribution is 6.31. The summed E-state index contributed by atoms with van der Waals surface area (Å²) >= 11 is 6.29. The minimum Gasteiger partial charge on any atom is -0.494 e. The highest BCUT2D eigenvalue weighted by Crippen LogP contribution is 2.36. The average molecular weight is 517 g/mol. The number of nitrogens with one attached hydrogen (secondary N) is 1. The Hall–Kier alpha value is -4.21. The van der Waals surface area contributed by atoms with E-state index in [0.29, 0.717) is 53.2 Å². The van der Waals surface area contributed by atoms with Crippen LogP contribution >= 0.6 is 11.6 Å². The summed E-state index contributed by atoms with van der Waals surface area (Å²) in [7, 11) is 0. The Morgan fingerprint density at radius 3 is 2.41 bits per heavy atom. The van der Waals surface area contributed by atoms with Crippen LogP contribution in [0.2, 0.25) is 5.02 Å². The molecule has 0 spiro atoms. The molecule has 0 radical (unpaired) electrons. The molecule has 0 saturated heterocycles. The van der Waals surface area contributed by atoms with Crippen molar-refractivity contribution in [2.24, 2.45) is 0 Å². The lowest BCUT2D eigenvalue weighted by Gasteiger charge is -2.17. The van der Waals surface area contributed by atoms with Crippen LogP contribution in [0, 0.1) is 11.3 Å². The number of halogens is 1. The van der Waals surface area contributed by atoms with Gasteiger partial charge in [0, 0.05) is 21.8 Å². The largest absolute Gasteiger partial charge is 0.494 e. The molecule has 0 fully saturated rings. The van der Waals surface area contributed by atoms with E-state index in [2.05, 4.69) is 11.9 Å². The number of nitrogens with zero attached hydrogens (tertiary/aromatic N) is 1. The molecule has 1 N–H and O–H groups in total. The van der Waals surface area contributed by atoms with Gasteiger partial charge in [-0.2, -0.15) is 5.26 Å². The maximum atomic E-state index is 12.8. The monoisotopic (exact) mass is 516 g/mol. The first-order valence-corrected chi connectivity index (χ1v) is 12.3. The van der Waals surface area contributed by atoms with Crippen molar-refractivity contribution in [2.75, 3.05) is 18.5 Å². The number of hydrogen-bond acceptors (Lipinski definition) is 5. The highest BCUT2D eigenvalue weighted by Gasteiger charge is 2.16. The number of anilines is 1. The molecule has 0 unspecified atom stereocenters. The van der Waals surface area contributed by atoms with Crippen LogP contribution in [0.15, 0.2) is 78.9 Å². The van der Waals surface area contributed by atoms with Gasteiger partial charge in [0.2, 0.25) is 0 Å². The molecule has 0 saturated carbocycles. The fourth-order valence-corrected chi connectivity index (χ4v) is 3.77. The van der Waals surface area contributed by atoms with Crippen molar-refractivity contribution in [2.45, 2.75) is 26.9 Å². The molecule has 0 atom stereocenters. The maximum absolute atomic E-state index is 12.8. The SMILES string of the molecule is C=CCc1cc(/C=C(\C#N)C(=O)Nc2ccc(OCC)cc2)cc(OCC)c1OCc1ccccc1Cl. The topological polar surface area (TPSA) is 80.6 Å². The van der Waals surface area contributed by atoms with Crippen LogP contribution in [0.25, 0.3) is 6.08 Å². The lowest BCUT2D eigenvalue weighted by molar-refractivity contribution is -0.112.